The molecule has 25 heavy (non-hydrogen) atoms. The van der Waals surface area contributed by atoms with Crippen molar-refractivity contribution in [3.8, 4) is 0 Å². The Balaban J connectivity index is 1.75. The van der Waals surface area contributed by atoms with Gasteiger partial charge in [-0.05, 0) is 30.9 Å². The van der Waals surface area contributed by atoms with E-state index in [9.17, 15) is 4.79 Å². The topological polar surface area (TPSA) is 114 Å². The SMILES string of the molecule is CC1(CN)CCN(c2ncc(Sc3cc(N)cnc3Cl)[nH]c2=O)CC1. The third kappa shape index (κ3) is 4.08. The number of aromatic amines is 1. The van der Waals surface area contributed by atoms with E-state index in [1.807, 2.05) is 4.90 Å². The van der Waals surface area contributed by atoms with Crippen molar-refractivity contribution in [3.05, 3.63) is 34.0 Å². The number of nitrogen functional groups attached to an aromatic ring is 1. The minimum absolute atomic E-state index is 0.149. The summed E-state index contributed by atoms with van der Waals surface area (Å²) < 4.78 is 0. The molecule has 9 heteroatoms. The number of halogens is 1. The second kappa shape index (κ2) is 7.23. The van der Waals surface area contributed by atoms with E-state index >= 15 is 0 Å². The van der Waals surface area contributed by atoms with Crippen LogP contribution in [0.2, 0.25) is 5.15 Å². The Morgan fingerprint density at radius 3 is 2.72 bits per heavy atom. The Labute approximate surface area is 155 Å². The van der Waals surface area contributed by atoms with Crippen LogP contribution in [0.1, 0.15) is 19.8 Å². The van der Waals surface area contributed by atoms with Crippen molar-refractivity contribution in [1.29, 1.82) is 0 Å². The molecule has 0 saturated carbocycles. The first-order chi connectivity index (χ1) is 11.9. The number of H-pyrrole nitrogens is 1. The molecule has 3 heterocycles. The summed E-state index contributed by atoms with van der Waals surface area (Å²) in [5.74, 6) is 0.445. The number of anilines is 2. The van der Waals surface area contributed by atoms with Gasteiger partial charge in [0.25, 0.3) is 5.56 Å². The van der Waals surface area contributed by atoms with Gasteiger partial charge >= 0.3 is 0 Å². The van der Waals surface area contributed by atoms with Gasteiger partial charge in [-0.2, -0.15) is 0 Å². The maximum Gasteiger partial charge on any atom is 0.291 e. The van der Waals surface area contributed by atoms with Crippen LogP contribution in [-0.2, 0) is 0 Å². The molecule has 1 aliphatic heterocycles. The van der Waals surface area contributed by atoms with Crippen LogP contribution in [0, 0.1) is 5.41 Å². The van der Waals surface area contributed by atoms with Crippen molar-refractivity contribution < 1.29 is 0 Å². The number of hydrogen-bond acceptors (Lipinski definition) is 7. The highest BCUT2D eigenvalue weighted by atomic mass is 35.5. The molecule has 0 bridgehead atoms. The Morgan fingerprint density at radius 1 is 1.36 bits per heavy atom. The lowest BCUT2D eigenvalue weighted by Gasteiger charge is -2.38. The lowest BCUT2D eigenvalue weighted by Crippen LogP contribution is -2.44. The number of rotatable bonds is 4. The molecule has 2 aromatic rings. The fourth-order valence-corrected chi connectivity index (χ4v) is 3.79. The summed E-state index contributed by atoms with van der Waals surface area (Å²) in [5.41, 5.74) is 12.0. The van der Waals surface area contributed by atoms with Gasteiger partial charge in [-0.25, -0.2) is 9.97 Å². The monoisotopic (exact) mass is 380 g/mol. The van der Waals surface area contributed by atoms with Gasteiger partial charge < -0.3 is 21.4 Å². The molecule has 0 radical (unpaired) electrons. The highest BCUT2D eigenvalue weighted by Crippen LogP contribution is 2.33. The molecule has 0 unspecified atom stereocenters. The average Bonchev–Trinajstić information content (AvgIpc) is 2.59. The molecule has 134 valence electrons. The average molecular weight is 381 g/mol. The van der Waals surface area contributed by atoms with Crippen LogP contribution in [0.5, 0.6) is 0 Å². The van der Waals surface area contributed by atoms with Gasteiger partial charge in [-0.1, -0.05) is 30.3 Å². The third-order valence-corrected chi connectivity index (χ3v) is 5.93. The van der Waals surface area contributed by atoms with Crippen LogP contribution in [0.25, 0.3) is 0 Å². The van der Waals surface area contributed by atoms with Gasteiger partial charge in [0.1, 0.15) is 5.15 Å². The summed E-state index contributed by atoms with van der Waals surface area (Å²) in [4.78, 5) is 26.3. The largest absolute Gasteiger partial charge is 0.397 e. The lowest BCUT2D eigenvalue weighted by molar-refractivity contribution is 0.257. The molecule has 0 aliphatic carbocycles. The zero-order valence-electron chi connectivity index (χ0n) is 14.0. The van der Waals surface area contributed by atoms with E-state index in [1.165, 1.54) is 18.0 Å². The van der Waals surface area contributed by atoms with Crippen molar-refractivity contribution >= 4 is 34.9 Å². The number of nitrogens with zero attached hydrogens (tertiary/aromatic N) is 3. The summed E-state index contributed by atoms with van der Waals surface area (Å²) in [6, 6.07) is 1.71. The normalized spacial score (nSPS) is 16.8. The van der Waals surface area contributed by atoms with Crippen LogP contribution in [-0.4, -0.2) is 34.6 Å². The van der Waals surface area contributed by atoms with Gasteiger partial charge in [-0.3, -0.25) is 4.79 Å². The predicted octanol–water partition coefficient (Wildman–Crippen LogP) is 2.12. The van der Waals surface area contributed by atoms with Crippen LogP contribution < -0.4 is 21.9 Å². The summed E-state index contributed by atoms with van der Waals surface area (Å²) >= 11 is 7.33. The first kappa shape index (κ1) is 18.0. The molecule has 3 rings (SSSR count). The van der Waals surface area contributed by atoms with Crippen LogP contribution in [0.3, 0.4) is 0 Å². The van der Waals surface area contributed by atoms with E-state index in [1.54, 1.807) is 12.3 Å². The Bertz CT molecular complexity index is 819. The van der Waals surface area contributed by atoms with E-state index < -0.39 is 0 Å². The van der Waals surface area contributed by atoms with E-state index in [2.05, 4.69) is 21.9 Å². The number of nitrogens with two attached hydrogens (primary N) is 2. The number of piperidine rings is 1. The first-order valence-corrected chi connectivity index (χ1v) is 9.23. The molecule has 0 amide bonds. The summed E-state index contributed by atoms with van der Waals surface area (Å²) in [6.45, 7) is 4.41. The number of hydrogen-bond donors (Lipinski definition) is 3. The van der Waals surface area contributed by atoms with Crippen molar-refractivity contribution in [2.24, 2.45) is 11.1 Å². The second-order valence-electron chi connectivity index (χ2n) is 6.56. The highest BCUT2D eigenvalue weighted by molar-refractivity contribution is 7.99. The standard InChI is InChI=1S/C16H21ClN6OS/c1-16(9-18)2-4-23(5-3-16)14-15(24)22-12(8-21-14)25-11-6-10(19)7-20-13(11)17/h6-8H,2-5,9,18-19H2,1H3,(H,22,24). The molecule has 0 aromatic carbocycles. The summed E-state index contributed by atoms with van der Waals surface area (Å²) in [6.07, 6.45) is 5.02. The van der Waals surface area contributed by atoms with E-state index in [4.69, 9.17) is 23.1 Å². The fraction of sp³-hybridized carbons (Fsp3) is 0.438. The molecular weight excluding hydrogens is 360 g/mol. The van der Waals surface area contributed by atoms with Crippen LogP contribution in [0.15, 0.2) is 33.2 Å². The zero-order valence-corrected chi connectivity index (χ0v) is 15.5. The van der Waals surface area contributed by atoms with Gasteiger partial charge in [-0.15, -0.1) is 0 Å². The smallest absolute Gasteiger partial charge is 0.291 e. The van der Waals surface area contributed by atoms with Gasteiger partial charge in [0.05, 0.1) is 28.0 Å². The van der Waals surface area contributed by atoms with E-state index in [0.29, 0.717) is 33.1 Å². The number of aromatic nitrogens is 3. The maximum absolute atomic E-state index is 12.4. The van der Waals surface area contributed by atoms with E-state index in [0.717, 1.165) is 25.9 Å². The molecular formula is C16H21ClN6OS. The molecule has 1 saturated heterocycles. The van der Waals surface area contributed by atoms with Gasteiger partial charge in [0, 0.05) is 13.1 Å². The van der Waals surface area contributed by atoms with Crippen molar-refractivity contribution in [1.82, 2.24) is 15.0 Å². The summed E-state index contributed by atoms with van der Waals surface area (Å²) in [5, 5.41) is 0.924. The minimum Gasteiger partial charge on any atom is -0.397 e. The molecule has 5 N–H and O–H groups in total. The molecule has 1 aliphatic rings. The quantitative estimate of drug-likeness (QED) is 0.696. The summed E-state index contributed by atoms with van der Waals surface area (Å²) in [7, 11) is 0. The third-order valence-electron chi connectivity index (χ3n) is 4.55. The number of nitrogens with one attached hydrogen (secondary N) is 1. The molecule has 0 spiro atoms. The van der Waals surface area contributed by atoms with Crippen molar-refractivity contribution in [2.45, 2.75) is 29.7 Å². The van der Waals surface area contributed by atoms with Crippen LogP contribution >= 0.6 is 23.4 Å². The Morgan fingerprint density at radius 2 is 2.08 bits per heavy atom. The molecule has 1 fully saturated rings. The number of pyridine rings is 1. The second-order valence-corrected chi connectivity index (χ2v) is 8.00. The fourth-order valence-electron chi connectivity index (χ4n) is 2.75. The minimum atomic E-state index is -0.214. The van der Waals surface area contributed by atoms with Crippen LogP contribution in [0.4, 0.5) is 11.5 Å². The van der Waals surface area contributed by atoms with Gasteiger partial charge in [0.15, 0.2) is 5.82 Å². The Kier molecular flexibility index (Phi) is 5.21. The molecule has 0 atom stereocenters. The molecule has 7 nitrogen and oxygen atoms in total. The zero-order chi connectivity index (χ0) is 18.0. The van der Waals surface area contributed by atoms with Gasteiger partial charge in [0.2, 0.25) is 0 Å². The maximum atomic E-state index is 12.4. The Hall–Kier alpha value is -1.77. The predicted molar refractivity (Wildman–Crippen MR) is 101 cm³/mol. The lowest BCUT2D eigenvalue weighted by atomic mass is 9.80. The highest BCUT2D eigenvalue weighted by Gasteiger charge is 2.30. The molecule has 2 aromatic heterocycles. The van der Waals surface area contributed by atoms with Crippen molar-refractivity contribution in [3.63, 3.8) is 0 Å². The van der Waals surface area contributed by atoms with Crippen molar-refractivity contribution in [2.75, 3.05) is 30.3 Å². The van der Waals surface area contributed by atoms with E-state index in [-0.39, 0.29) is 11.0 Å². The first-order valence-electron chi connectivity index (χ1n) is 8.03.